The van der Waals surface area contributed by atoms with E-state index in [1.807, 2.05) is 46.8 Å². The van der Waals surface area contributed by atoms with Gasteiger partial charge in [0.25, 0.3) is 5.91 Å². The van der Waals surface area contributed by atoms with Crippen molar-refractivity contribution in [1.29, 1.82) is 0 Å². The number of amides is 1. The predicted molar refractivity (Wildman–Crippen MR) is 95.2 cm³/mol. The third kappa shape index (κ3) is 4.96. The number of ether oxygens (including phenoxy) is 2. The highest BCUT2D eigenvalue weighted by molar-refractivity contribution is 5.97. The van der Waals surface area contributed by atoms with E-state index in [2.05, 4.69) is 19.2 Å². The van der Waals surface area contributed by atoms with Gasteiger partial charge in [0.2, 0.25) is 0 Å². The third-order valence-corrected chi connectivity index (χ3v) is 4.23. The van der Waals surface area contributed by atoms with Gasteiger partial charge >= 0.3 is 0 Å². The molecule has 0 fully saturated rings. The SMILES string of the molecule is CCO[C@](C)(CC)C(=O)Nc1cc(C)c(O[C@H](C)CC)c(C)c1. The van der Waals surface area contributed by atoms with Gasteiger partial charge in [-0.15, -0.1) is 0 Å². The van der Waals surface area contributed by atoms with Crippen molar-refractivity contribution in [3.05, 3.63) is 23.3 Å². The molecule has 23 heavy (non-hydrogen) atoms. The molecule has 0 spiro atoms. The van der Waals surface area contributed by atoms with E-state index in [0.29, 0.717) is 13.0 Å². The van der Waals surface area contributed by atoms with E-state index in [4.69, 9.17) is 9.47 Å². The lowest BCUT2D eigenvalue weighted by Gasteiger charge is -2.27. The Hall–Kier alpha value is -1.55. The molecule has 0 aliphatic carbocycles. The number of hydrogen-bond acceptors (Lipinski definition) is 3. The molecule has 0 radical (unpaired) electrons. The number of anilines is 1. The van der Waals surface area contributed by atoms with Gasteiger partial charge in [-0.1, -0.05) is 13.8 Å². The molecule has 1 N–H and O–H groups in total. The van der Waals surface area contributed by atoms with Crippen LogP contribution in [0.3, 0.4) is 0 Å². The Labute approximate surface area is 140 Å². The smallest absolute Gasteiger partial charge is 0.256 e. The van der Waals surface area contributed by atoms with Gasteiger partial charge in [-0.3, -0.25) is 4.79 Å². The first-order valence-corrected chi connectivity index (χ1v) is 8.50. The van der Waals surface area contributed by atoms with Crippen LogP contribution in [0.4, 0.5) is 5.69 Å². The number of aryl methyl sites for hydroxylation is 2. The maximum absolute atomic E-state index is 12.5. The van der Waals surface area contributed by atoms with E-state index in [-0.39, 0.29) is 12.0 Å². The summed E-state index contributed by atoms with van der Waals surface area (Å²) < 4.78 is 11.6. The van der Waals surface area contributed by atoms with Crippen molar-refractivity contribution in [2.75, 3.05) is 11.9 Å². The Kier molecular flexibility index (Phi) is 7.07. The van der Waals surface area contributed by atoms with E-state index in [1.54, 1.807) is 0 Å². The molecule has 0 heterocycles. The molecule has 0 bridgehead atoms. The molecule has 1 amide bonds. The molecule has 0 aliphatic heterocycles. The average Bonchev–Trinajstić information content (AvgIpc) is 2.50. The topological polar surface area (TPSA) is 47.6 Å². The van der Waals surface area contributed by atoms with Crippen molar-refractivity contribution >= 4 is 11.6 Å². The van der Waals surface area contributed by atoms with Crippen molar-refractivity contribution in [2.24, 2.45) is 0 Å². The van der Waals surface area contributed by atoms with E-state index in [0.717, 1.165) is 29.0 Å². The zero-order valence-corrected chi connectivity index (χ0v) is 15.6. The molecule has 4 heteroatoms. The highest BCUT2D eigenvalue weighted by Crippen LogP contribution is 2.29. The Balaban J connectivity index is 2.97. The highest BCUT2D eigenvalue weighted by atomic mass is 16.5. The molecule has 0 aromatic heterocycles. The molecule has 0 unspecified atom stereocenters. The average molecular weight is 321 g/mol. The van der Waals surface area contributed by atoms with E-state index >= 15 is 0 Å². The number of hydrogen-bond donors (Lipinski definition) is 1. The van der Waals surface area contributed by atoms with Crippen LogP contribution in [0, 0.1) is 13.8 Å². The highest BCUT2D eigenvalue weighted by Gasteiger charge is 2.32. The van der Waals surface area contributed by atoms with Crippen LogP contribution in [0.1, 0.15) is 58.6 Å². The molecular weight excluding hydrogens is 290 g/mol. The van der Waals surface area contributed by atoms with Gasteiger partial charge in [-0.25, -0.2) is 0 Å². The van der Waals surface area contributed by atoms with Crippen LogP contribution < -0.4 is 10.1 Å². The Morgan fingerprint density at radius 1 is 1.22 bits per heavy atom. The van der Waals surface area contributed by atoms with Gasteiger partial charge in [0.1, 0.15) is 11.4 Å². The van der Waals surface area contributed by atoms with Gasteiger partial charge in [-0.05, 0) is 70.7 Å². The molecule has 1 rings (SSSR count). The van der Waals surface area contributed by atoms with Crippen LogP contribution in [0.2, 0.25) is 0 Å². The quantitative estimate of drug-likeness (QED) is 0.759. The first-order chi connectivity index (χ1) is 10.8. The summed E-state index contributed by atoms with van der Waals surface area (Å²) in [6, 6.07) is 3.90. The van der Waals surface area contributed by atoms with Crippen molar-refractivity contribution < 1.29 is 14.3 Å². The van der Waals surface area contributed by atoms with Crippen molar-refractivity contribution in [1.82, 2.24) is 0 Å². The lowest BCUT2D eigenvalue weighted by Crippen LogP contribution is -2.42. The fourth-order valence-electron chi connectivity index (χ4n) is 2.40. The summed E-state index contributed by atoms with van der Waals surface area (Å²) in [7, 11) is 0. The minimum atomic E-state index is -0.803. The molecule has 2 atom stereocenters. The van der Waals surface area contributed by atoms with Crippen LogP contribution in [-0.2, 0) is 9.53 Å². The second kappa shape index (κ2) is 8.34. The second-order valence-electron chi connectivity index (χ2n) is 6.25. The Morgan fingerprint density at radius 2 is 1.78 bits per heavy atom. The predicted octanol–water partition coefficient (Wildman–Crippen LogP) is 4.62. The van der Waals surface area contributed by atoms with Gasteiger partial charge in [0, 0.05) is 12.3 Å². The van der Waals surface area contributed by atoms with Gasteiger partial charge in [0.15, 0.2) is 0 Å². The number of nitrogens with one attached hydrogen (secondary N) is 1. The molecule has 1 aromatic carbocycles. The van der Waals surface area contributed by atoms with Crippen molar-refractivity contribution in [3.8, 4) is 5.75 Å². The third-order valence-electron chi connectivity index (χ3n) is 4.23. The minimum Gasteiger partial charge on any atom is -0.490 e. The lowest BCUT2D eigenvalue weighted by atomic mass is 10.0. The summed E-state index contributed by atoms with van der Waals surface area (Å²) in [4.78, 5) is 12.5. The van der Waals surface area contributed by atoms with Crippen molar-refractivity contribution in [3.63, 3.8) is 0 Å². The molecule has 0 aliphatic rings. The Bertz CT molecular complexity index is 518. The van der Waals surface area contributed by atoms with E-state index in [9.17, 15) is 4.79 Å². The summed E-state index contributed by atoms with van der Waals surface area (Å²) >= 11 is 0. The molecule has 0 saturated carbocycles. The number of benzene rings is 1. The first-order valence-electron chi connectivity index (χ1n) is 8.50. The molecule has 1 aromatic rings. The van der Waals surface area contributed by atoms with Crippen LogP contribution in [0.25, 0.3) is 0 Å². The number of rotatable bonds is 8. The summed E-state index contributed by atoms with van der Waals surface area (Å²) in [6.07, 6.45) is 1.76. The summed E-state index contributed by atoms with van der Waals surface area (Å²) in [6.45, 7) is 14.4. The largest absolute Gasteiger partial charge is 0.490 e. The van der Waals surface area contributed by atoms with Crippen LogP contribution >= 0.6 is 0 Å². The maximum atomic E-state index is 12.5. The maximum Gasteiger partial charge on any atom is 0.256 e. The fourth-order valence-corrected chi connectivity index (χ4v) is 2.40. The molecule has 0 saturated heterocycles. The number of carbonyl (C=O) groups excluding carboxylic acids is 1. The summed E-state index contributed by atoms with van der Waals surface area (Å²) in [5.41, 5.74) is 2.02. The van der Waals surface area contributed by atoms with Crippen LogP contribution in [0.5, 0.6) is 5.75 Å². The molecule has 130 valence electrons. The lowest BCUT2D eigenvalue weighted by molar-refractivity contribution is -0.139. The standard InChI is InChI=1S/C19H31NO3/c1-8-15(6)23-17-13(4)11-16(12-14(17)5)20-18(21)19(7,9-2)22-10-3/h11-12,15H,8-10H2,1-7H3,(H,20,21)/t15-,19-/m1/s1. The monoisotopic (exact) mass is 321 g/mol. The van der Waals surface area contributed by atoms with Crippen LogP contribution in [0.15, 0.2) is 12.1 Å². The zero-order valence-electron chi connectivity index (χ0n) is 15.6. The Morgan fingerprint density at radius 3 is 2.22 bits per heavy atom. The molecule has 4 nitrogen and oxygen atoms in total. The normalized spacial score (nSPS) is 14.9. The van der Waals surface area contributed by atoms with Crippen LogP contribution in [-0.4, -0.2) is 24.2 Å². The fraction of sp³-hybridized carbons (Fsp3) is 0.632. The molecular formula is C19H31NO3. The van der Waals surface area contributed by atoms with Crippen molar-refractivity contribution in [2.45, 2.75) is 73.0 Å². The summed E-state index contributed by atoms with van der Waals surface area (Å²) in [5.74, 6) is 0.789. The van der Waals surface area contributed by atoms with Gasteiger partial charge < -0.3 is 14.8 Å². The second-order valence-corrected chi connectivity index (χ2v) is 6.25. The van der Waals surface area contributed by atoms with Gasteiger partial charge in [-0.2, -0.15) is 0 Å². The minimum absolute atomic E-state index is 0.115. The van der Waals surface area contributed by atoms with E-state index < -0.39 is 5.60 Å². The number of carbonyl (C=O) groups is 1. The van der Waals surface area contributed by atoms with E-state index in [1.165, 1.54) is 0 Å². The summed E-state index contributed by atoms with van der Waals surface area (Å²) in [5, 5.41) is 2.97. The zero-order chi connectivity index (χ0) is 17.6. The first kappa shape index (κ1) is 19.5. The van der Waals surface area contributed by atoms with Gasteiger partial charge in [0.05, 0.1) is 6.10 Å².